The molecule has 0 spiro atoms. The molecule has 1 aromatic rings. The smallest absolute Gasteiger partial charge is 0.177 e. The summed E-state index contributed by atoms with van der Waals surface area (Å²) in [5.74, 6) is -0.267. The van der Waals surface area contributed by atoms with Gasteiger partial charge in [-0.2, -0.15) is 0 Å². The van der Waals surface area contributed by atoms with Crippen LogP contribution < -0.4 is 0 Å². The minimum absolute atomic E-state index is 0.0919. The number of rotatable bonds is 1. The standard InChI is InChI=1S/C7H8BrFN2/c1-4(2)6-5(9)7(8)11-3-10-6/h3-4H,1-2H3. The molecule has 60 valence electrons. The summed E-state index contributed by atoms with van der Waals surface area (Å²) in [5.41, 5.74) is 0.451. The minimum atomic E-state index is -0.359. The molecule has 0 amide bonds. The van der Waals surface area contributed by atoms with Gasteiger partial charge in [-0.15, -0.1) is 0 Å². The molecule has 1 rings (SSSR count). The van der Waals surface area contributed by atoms with E-state index in [0.717, 1.165) is 0 Å². The van der Waals surface area contributed by atoms with Crippen LogP contribution in [0, 0.1) is 5.82 Å². The van der Waals surface area contributed by atoms with Gasteiger partial charge in [-0.3, -0.25) is 0 Å². The highest BCUT2D eigenvalue weighted by Crippen LogP contribution is 2.19. The molecular formula is C7H8BrFN2. The molecule has 0 saturated carbocycles. The fourth-order valence-corrected chi connectivity index (χ4v) is 1.06. The Balaban J connectivity index is 3.17. The summed E-state index contributed by atoms with van der Waals surface area (Å²) < 4.78 is 13.3. The zero-order chi connectivity index (χ0) is 8.43. The Kier molecular flexibility index (Phi) is 2.54. The molecule has 1 aromatic heterocycles. The molecule has 0 aliphatic heterocycles. The number of nitrogens with zero attached hydrogens (tertiary/aromatic N) is 2. The SMILES string of the molecule is CC(C)c1ncnc(Br)c1F. The van der Waals surface area contributed by atoms with Crippen LogP contribution in [0.2, 0.25) is 0 Å². The fourth-order valence-electron chi connectivity index (χ4n) is 0.763. The quantitative estimate of drug-likeness (QED) is 0.678. The van der Waals surface area contributed by atoms with E-state index in [2.05, 4.69) is 25.9 Å². The molecule has 0 fully saturated rings. The van der Waals surface area contributed by atoms with Crippen molar-refractivity contribution in [2.24, 2.45) is 0 Å². The Labute approximate surface area is 73.0 Å². The van der Waals surface area contributed by atoms with E-state index < -0.39 is 0 Å². The van der Waals surface area contributed by atoms with Crippen LogP contribution in [-0.2, 0) is 0 Å². The maximum atomic E-state index is 13.1. The lowest BCUT2D eigenvalue weighted by Crippen LogP contribution is -1.99. The van der Waals surface area contributed by atoms with Gasteiger partial charge in [0.1, 0.15) is 10.9 Å². The van der Waals surface area contributed by atoms with E-state index >= 15 is 0 Å². The Morgan fingerprint density at radius 1 is 1.45 bits per heavy atom. The van der Waals surface area contributed by atoms with E-state index in [4.69, 9.17) is 0 Å². The van der Waals surface area contributed by atoms with Crippen LogP contribution in [0.5, 0.6) is 0 Å². The molecule has 0 aromatic carbocycles. The lowest BCUT2D eigenvalue weighted by molar-refractivity contribution is 0.568. The average Bonchev–Trinajstić information content (AvgIpc) is 1.94. The second-order valence-electron chi connectivity index (χ2n) is 2.52. The van der Waals surface area contributed by atoms with Crippen molar-refractivity contribution >= 4 is 15.9 Å². The number of hydrogen-bond acceptors (Lipinski definition) is 2. The fraction of sp³-hybridized carbons (Fsp3) is 0.429. The van der Waals surface area contributed by atoms with Crippen LogP contribution in [0.25, 0.3) is 0 Å². The monoisotopic (exact) mass is 218 g/mol. The van der Waals surface area contributed by atoms with Crippen LogP contribution >= 0.6 is 15.9 Å². The van der Waals surface area contributed by atoms with Crippen molar-refractivity contribution in [3.05, 3.63) is 22.4 Å². The van der Waals surface area contributed by atoms with Crippen molar-refractivity contribution in [3.63, 3.8) is 0 Å². The highest BCUT2D eigenvalue weighted by atomic mass is 79.9. The number of hydrogen-bond donors (Lipinski definition) is 0. The van der Waals surface area contributed by atoms with Gasteiger partial charge in [-0.05, 0) is 21.8 Å². The second kappa shape index (κ2) is 3.26. The maximum absolute atomic E-state index is 13.1. The number of halogens is 2. The Bertz CT molecular complexity index is 263. The molecule has 0 aliphatic carbocycles. The minimum Gasteiger partial charge on any atom is -0.238 e. The van der Waals surface area contributed by atoms with Crippen molar-refractivity contribution in [2.75, 3.05) is 0 Å². The van der Waals surface area contributed by atoms with Gasteiger partial charge in [-0.25, -0.2) is 14.4 Å². The summed E-state index contributed by atoms with van der Waals surface area (Å²) >= 11 is 2.99. The van der Waals surface area contributed by atoms with E-state index in [9.17, 15) is 4.39 Å². The Morgan fingerprint density at radius 3 is 2.55 bits per heavy atom. The third-order valence-electron chi connectivity index (χ3n) is 1.32. The average molecular weight is 219 g/mol. The Morgan fingerprint density at radius 2 is 2.09 bits per heavy atom. The van der Waals surface area contributed by atoms with Crippen LogP contribution in [0.1, 0.15) is 25.5 Å². The van der Waals surface area contributed by atoms with E-state index in [-0.39, 0.29) is 16.3 Å². The molecule has 0 unspecified atom stereocenters. The summed E-state index contributed by atoms with van der Waals surface area (Å²) in [5, 5.41) is 0. The van der Waals surface area contributed by atoms with Gasteiger partial charge < -0.3 is 0 Å². The predicted molar refractivity (Wildman–Crippen MR) is 43.8 cm³/mol. The number of aromatic nitrogens is 2. The highest BCUT2D eigenvalue weighted by molar-refractivity contribution is 9.10. The summed E-state index contributed by atoms with van der Waals surface area (Å²) in [7, 11) is 0. The van der Waals surface area contributed by atoms with Crippen LogP contribution in [0.15, 0.2) is 10.9 Å². The zero-order valence-electron chi connectivity index (χ0n) is 6.31. The lowest BCUT2D eigenvalue weighted by atomic mass is 10.1. The highest BCUT2D eigenvalue weighted by Gasteiger charge is 2.10. The van der Waals surface area contributed by atoms with Crippen LogP contribution in [0.4, 0.5) is 4.39 Å². The molecule has 0 saturated heterocycles. The molecule has 4 heteroatoms. The molecule has 0 aliphatic rings. The molecule has 0 radical (unpaired) electrons. The first-order valence-electron chi connectivity index (χ1n) is 3.28. The van der Waals surface area contributed by atoms with Gasteiger partial charge in [0, 0.05) is 0 Å². The zero-order valence-corrected chi connectivity index (χ0v) is 7.89. The van der Waals surface area contributed by atoms with Crippen LogP contribution in [0.3, 0.4) is 0 Å². The molecule has 2 nitrogen and oxygen atoms in total. The van der Waals surface area contributed by atoms with E-state index in [1.807, 2.05) is 13.8 Å². The first kappa shape index (κ1) is 8.59. The van der Waals surface area contributed by atoms with E-state index in [1.54, 1.807) is 0 Å². The van der Waals surface area contributed by atoms with Gasteiger partial charge in [0.05, 0.1) is 5.69 Å². The topological polar surface area (TPSA) is 25.8 Å². The van der Waals surface area contributed by atoms with Gasteiger partial charge in [0.25, 0.3) is 0 Å². The normalized spacial score (nSPS) is 10.6. The largest absolute Gasteiger partial charge is 0.238 e. The molecule has 11 heavy (non-hydrogen) atoms. The van der Waals surface area contributed by atoms with Gasteiger partial charge in [0.2, 0.25) is 0 Å². The molecule has 0 atom stereocenters. The van der Waals surface area contributed by atoms with E-state index in [0.29, 0.717) is 5.69 Å². The van der Waals surface area contributed by atoms with Crippen molar-refractivity contribution in [1.82, 2.24) is 9.97 Å². The second-order valence-corrected chi connectivity index (χ2v) is 3.27. The predicted octanol–water partition coefficient (Wildman–Crippen LogP) is 2.50. The maximum Gasteiger partial charge on any atom is 0.177 e. The van der Waals surface area contributed by atoms with Gasteiger partial charge >= 0.3 is 0 Å². The molecule has 0 bridgehead atoms. The van der Waals surface area contributed by atoms with Crippen molar-refractivity contribution in [1.29, 1.82) is 0 Å². The first-order chi connectivity index (χ1) is 5.13. The summed E-state index contributed by atoms with van der Waals surface area (Å²) in [6.07, 6.45) is 1.35. The molecule has 1 heterocycles. The third-order valence-corrected chi connectivity index (χ3v) is 1.87. The van der Waals surface area contributed by atoms with Gasteiger partial charge in [-0.1, -0.05) is 13.8 Å². The molecule has 0 N–H and O–H groups in total. The van der Waals surface area contributed by atoms with Crippen LogP contribution in [-0.4, -0.2) is 9.97 Å². The summed E-state index contributed by atoms with van der Waals surface area (Å²) in [6.45, 7) is 3.77. The van der Waals surface area contributed by atoms with Crippen molar-refractivity contribution in [2.45, 2.75) is 19.8 Å². The van der Waals surface area contributed by atoms with Crippen molar-refractivity contribution in [3.8, 4) is 0 Å². The summed E-state index contributed by atoms with van der Waals surface area (Å²) in [6, 6.07) is 0. The summed E-state index contributed by atoms with van der Waals surface area (Å²) in [4.78, 5) is 7.47. The third kappa shape index (κ3) is 1.74. The van der Waals surface area contributed by atoms with E-state index in [1.165, 1.54) is 6.33 Å². The first-order valence-corrected chi connectivity index (χ1v) is 4.08. The van der Waals surface area contributed by atoms with Crippen molar-refractivity contribution < 1.29 is 4.39 Å². The Hall–Kier alpha value is -0.510. The van der Waals surface area contributed by atoms with Gasteiger partial charge in [0.15, 0.2) is 5.82 Å². The molecular weight excluding hydrogens is 211 g/mol. The lowest BCUT2D eigenvalue weighted by Gasteiger charge is -2.04.